The van der Waals surface area contributed by atoms with Gasteiger partial charge in [-0.05, 0) is 81.3 Å². The van der Waals surface area contributed by atoms with Crippen LogP contribution in [-0.2, 0) is 10.0 Å². The highest BCUT2D eigenvalue weighted by atomic mass is 32.2. The van der Waals surface area contributed by atoms with E-state index >= 15 is 0 Å². The molecule has 0 aliphatic heterocycles. The molecule has 0 fully saturated rings. The van der Waals surface area contributed by atoms with Crippen LogP contribution in [0.5, 0.6) is 11.6 Å². The Hall–Kier alpha value is -3.72. The second-order valence-corrected chi connectivity index (χ2v) is 9.21. The topological polar surface area (TPSA) is 99.0 Å². The summed E-state index contributed by atoms with van der Waals surface area (Å²) in [7, 11) is -3.68. The summed E-state index contributed by atoms with van der Waals surface area (Å²) in [6.45, 7) is 7.68. The first-order valence-electron chi connectivity index (χ1n) is 9.95. The van der Waals surface area contributed by atoms with Crippen molar-refractivity contribution in [3.8, 4) is 17.4 Å². The Morgan fingerprint density at radius 1 is 0.875 bits per heavy atom. The van der Waals surface area contributed by atoms with E-state index in [0.29, 0.717) is 23.1 Å². The minimum atomic E-state index is -3.68. The average molecular weight is 450 g/mol. The lowest BCUT2D eigenvalue weighted by atomic mass is 10.1. The molecule has 0 aliphatic rings. The molecule has 32 heavy (non-hydrogen) atoms. The largest absolute Gasteiger partial charge is 0.439 e. The second kappa shape index (κ2) is 8.43. The molecular weight excluding hydrogens is 426 g/mol. The van der Waals surface area contributed by atoms with Crippen LogP contribution in [0.1, 0.15) is 22.5 Å². The maximum absolute atomic E-state index is 12.7. The SMILES string of the molecule is Cc1cc(C)n(-c2cc(Oc3ccc(NS(=O)(=O)c4ccc(C)c(C)c4)cc3)ncn2)n1. The van der Waals surface area contributed by atoms with Gasteiger partial charge in [0.25, 0.3) is 10.0 Å². The Balaban J connectivity index is 1.49. The van der Waals surface area contributed by atoms with Crippen molar-refractivity contribution >= 4 is 15.7 Å². The number of nitrogens with one attached hydrogen (secondary N) is 1. The van der Waals surface area contributed by atoms with Gasteiger partial charge in [0, 0.05) is 17.4 Å². The second-order valence-electron chi connectivity index (χ2n) is 7.53. The molecule has 8 nitrogen and oxygen atoms in total. The number of hydrogen-bond acceptors (Lipinski definition) is 6. The number of aryl methyl sites for hydroxylation is 4. The van der Waals surface area contributed by atoms with Crippen molar-refractivity contribution in [2.24, 2.45) is 0 Å². The first-order valence-corrected chi connectivity index (χ1v) is 11.4. The lowest BCUT2D eigenvalue weighted by Crippen LogP contribution is -2.13. The molecular formula is C23H23N5O3S. The monoisotopic (exact) mass is 449 g/mol. The first-order chi connectivity index (χ1) is 15.2. The van der Waals surface area contributed by atoms with E-state index < -0.39 is 10.0 Å². The Labute approximate surface area is 187 Å². The third-order valence-corrected chi connectivity index (χ3v) is 6.35. The molecule has 4 aromatic rings. The number of benzene rings is 2. The fraction of sp³-hybridized carbons (Fsp3) is 0.174. The highest BCUT2D eigenvalue weighted by Gasteiger charge is 2.15. The smallest absolute Gasteiger partial charge is 0.261 e. The molecule has 0 unspecified atom stereocenters. The van der Waals surface area contributed by atoms with Gasteiger partial charge in [-0.15, -0.1) is 0 Å². The van der Waals surface area contributed by atoms with Crippen LogP contribution < -0.4 is 9.46 Å². The number of rotatable bonds is 6. The fourth-order valence-electron chi connectivity index (χ4n) is 3.17. The van der Waals surface area contributed by atoms with Gasteiger partial charge in [-0.3, -0.25) is 4.72 Å². The summed E-state index contributed by atoms with van der Waals surface area (Å²) in [5, 5.41) is 4.42. The summed E-state index contributed by atoms with van der Waals surface area (Å²) in [5.41, 5.74) is 4.23. The van der Waals surface area contributed by atoms with Gasteiger partial charge >= 0.3 is 0 Å². The maximum atomic E-state index is 12.7. The highest BCUT2D eigenvalue weighted by Crippen LogP contribution is 2.24. The quantitative estimate of drug-likeness (QED) is 0.466. The standard InChI is InChI=1S/C23H23N5O3S/c1-15-5-10-21(11-16(15)2)32(29,30)27-19-6-8-20(9-7-19)31-23-13-22(24-14-25-23)28-18(4)12-17(3)26-28/h5-14,27H,1-4H3. The molecule has 2 heterocycles. The Bertz CT molecular complexity index is 1380. The molecule has 0 bridgehead atoms. The van der Waals surface area contributed by atoms with Gasteiger partial charge in [0.05, 0.1) is 10.6 Å². The number of aromatic nitrogens is 4. The summed E-state index contributed by atoms with van der Waals surface area (Å²) in [6.07, 6.45) is 1.41. The van der Waals surface area contributed by atoms with E-state index in [1.54, 1.807) is 53.2 Å². The molecule has 2 aromatic carbocycles. The Morgan fingerprint density at radius 3 is 2.28 bits per heavy atom. The first kappa shape index (κ1) is 21.5. The number of nitrogens with zero attached hydrogens (tertiary/aromatic N) is 4. The zero-order chi connectivity index (χ0) is 22.9. The minimum absolute atomic E-state index is 0.221. The van der Waals surface area contributed by atoms with Gasteiger partial charge in [-0.1, -0.05) is 6.07 Å². The summed E-state index contributed by atoms with van der Waals surface area (Å²) in [6, 6.07) is 15.3. The minimum Gasteiger partial charge on any atom is -0.439 e. The van der Waals surface area contributed by atoms with E-state index in [1.165, 1.54) is 6.33 Å². The van der Waals surface area contributed by atoms with Crippen molar-refractivity contribution in [2.45, 2.75) is 32.6 Å². The summed E-state index contributed by atoms with van der Waals surface area (Å²) < 4.78 is 35.5. The maximum Gasteiger partial charge on any atom is 0.261 e. The zero-order valence-electron chi connectivity index (χ0n) is 18.2. The van der Waals surface area contributed by atoms with Gasteiger partial charge in [-0.25, -0.2) is 23.1 Å². The van der Waals surface area contributed by atoms with Crippen molar-refractivity contribution in [3.63, 3.8) is 0 Å². The third-order valence-electron chi connectivity index (χ3n) is 4.97. The molecule has 4 rings (SSSR count). The van der Waals surface area contributed by atoms with Gasteiger partial charge in [0.15, 0.2) is 5.82 Å². The van der Waals surface area contributed by atoms with Crippen molar-refractivity contribution in [3.05, 3.63) is 83.4 Å². The van der Waals surface area contributed by atoms with Crippen LogP contribution in [0, 0.1) is 27.7 Å². The molecule has 0 atom stereocenters. The van der Waals surface area contributed by atoms with Gasteiger partial charge in [0.1, 0.15) is 12.1 Å². The molecule has 164 valence electrons. The van der Waals surface area contributed by atoms with Gasteiger partial charge in [-0.2, -0.15) is 5.10 Å². The van der Waals surface area contributed by atoms with E-state index in [2.05, 4.69) is 19.8 Å². The lowest BCUT2D eigenvalue weighted by molar-refractivity contribution is 0.460. The van der Waals surface area contributed by atoms with E-state index in [9.17, 15) is 8.42 Å². The third kappa shape index (κ3) is 4.62. The molecule has 2 aromatic heterocycles. The Kier molecular flexibility index (Phi) is 5.67. The fourth-order valence-corrected chi connectivity index (χ4v) is 4.31. The number of anilines is 1. The van der Waals surface area contributed by atoms with Gasteiger partial charge < -0.3 is 4.74 Å². The predicted molar refractivity (Wildman–Crippen MR) is 122 cm³/mol. The molecule has 0 radical (unpaired) electrons. The molecule has 0 amide bonds. The van der Waals surface area contributed by atoms with Crippen LogP contribution in [0.25, 0.3) is 5.82 Å². The summed E-state index contributed by atoms with van der Waals surface area (Å²) in [5.74, 6) is 1.46. The van der Waals surface area contributed by atoms with E-state index in [1.807, 2.05) is 33.8 Å². The normalized spacial score (nSPS) is 11.4. The number of ether oxygens (including phenoxy) is 1. The van der Waals surface area contributed by atoms with Crippen molar-refractivity contribution in [2.75, 3.05) is 4.72 Å². The van der Waals surface area contributed by atoms with Crippen LogP contribution in [-0.4, -0.2) is 28.2 Å². The molecule has 1 N–H and O–H groups in total. The van der Waals surface area contributed by atoms with Crippen molar-refractivity contribution in [1.82, 2.24) is 19.7 Å². The van der Waals surface area contributed by atoms with Crippen molar-refractivity contribution < 1.29 is 13.2 Å². The van der Waals surface area contributed by atoms with E-state index in [4.69, 9.17) is 4.74 Å². The summed E-state index contributed by atoms with van der Waals surface area (Å²) in [4.78, 5) is 8.62. The molecule has 0 saturated heterocycles. The van der Waals surface area contributed by atoms with Crippen LogP contribution in [0.15, 0.2) is 65.8 Å². The average Bonchev–Trinajstić information content (AvgIpc) is 3.09. The number of sulfonamides is 1. The molecule has 0 spiro atoms. The summed E-state index contributed by atoms with van der Waals surface area (Å²) >= 11 is 0. The number of hydrogen-bond donors (Lipinski definition) is 1. The predicted octanol–water partition coefficient (Wildman–Crippen LogP) is 4.49. The van der Waals surface area contributed by atoms with Crippen molar-refractivity contribution in [1.29, 1.82) is 0 Å². The van der Waals surface area contributed by atoms with E-state index in [-0.39, 0.29) is 4.90 Å². The zero-order valence-corrected chi connectivity index (χ0v) is 19.0. The molecule has 0 aliphatic carbocycles. The highest BCUT2D eigenvalue weighted by molar-refractivity contribution is 7.92. The molecule has 9 heteroatoms. The van der Waals surface area contributed by atoms with Crippen LogP contribution in [0.2, 0.25) is 0 Å². The Morgan fingerprint density at radius 2 is 1.62 bits per heavy atom. The van der Waals surface area contributed by atoms with Gasteiger partial charge in [0.2, 0.25) is 5.88 Å². The van der Waals surface area contributed by atoms with E-state index in [0.717, 1.165) is 22.5 Å². The van der Waals surface area contributed by atoms with Crippen LogP contribution in [0.4, 0.5) is 5.69 Å². The van der Waals surface area contributed by atoms with Crippen LogP contribution in [0.3, 0.4) is 0 Å². The molecule has 0 saturated carbocycles. The van der Waals surface area contributed by atoms with Crippen LogP contribution >= 0.6 is 0 Å². The lowest BCUT2D eigenvalue weighted by Gasteiger charge is -2.11.